The van der Waals surface area contributed by atoms with Crippen molar-refractivity contribution in [3.8, 4) is 0 Å². The molecule has 0 aromatic heterocycles. The van der Waals surface area contributed by atoms with Gasteiger partial charge in [0.15, 0.2) is 0 Å². The lowest BCUT2D eigenvalue weighted by molar-refractivity contribution is -0.139. The van der Waals surface area contributed by atoms with Crippen LogP contribution in [-0.2, 0) is 19.2 Å². The number of aliphatic carboxylic acids is 4. The second-order valence-corrected chi connectivity index (χ2v) is 5.40. The van der Waals surface area contributed by atoms with Crippen LogP contribution in [0, 0.1) is 0 Å². The number of carboxylic acids is 4. The average Bonchev–Trinajstić information content (AvgIpc) is 2.46. The van der Waals surface area contributed by atoms with Crippen LogP contribution >= 0.6 is 0 Å². The Morgan fingerprint density at radius 3 is 0.750 bits per heavy atom. The third-order valence-corrected chi connectivity index (χ3v) is 3.06. The normalized spacial score (nSPS) is 9.67. The number of carbonyl (C=O) groups is 4. The highest BCUT2D eigenvalue weighted by Gasteiger charge is 1.99. The molecule has 0 unspecified atom stereocenters. The van der Waals surface area contributed by atoms with Gasteiger partial charge in [-0.25, -0.2) is 0 Å². The fourth-order valence-corrected chi connectivity index (χ4v) is 1.81. The summed E-state index contributed by atoms with van der Waals surface area (Å²) in [7, 11) is 0. The van der Waals surface area contributed by atoms with E-state index in [1.807, 2.05) is 0 Å². The average molecular weight is 348 g/mol. The van der Waals surface area contributed by atoms with Crippen LogP contribution in [0.2, 0.25) is 0 Å². The lowest BCUT2D eigenvalue weighted by Gasteiger charge is -1.98. The molecule has 0 saturated carbocycles. The summed E-state index contributed by atoms with van der Waals surface area (Å²) in [6, 6.07) is 0. The molecular weight excluding hydrogens is 320 g/mol. The van der Waals surface area contributed by atoms with Crippen LogP contribution in [0.4, 0.5) is 0 Å². The van der Waals surface area contributed by atoms with Crippen LogP contribution in [-0.4, -0.2) is 44.3 Å². The Balaban J connectivity index is 0. The largest absolute Gasteiger partial charge is 0.481 e. The van der Waals surface area contributed by atoms with Crippen molar-refractivity contribution in [2.75, 3.05) is 0 Å². The van der Waals surface area contributed by atoms with E-state index in [0.29, 0.717) is 12.8 Å². The molecule has 0 heterocycles. The maximum atomic E-state index is 10.1. The molecular formula is C16H28O8. The highest BCUT2D eigenvalue weighted by atomic mass is 16.4. The molecule has 140 valence electrons. The van der Waals surface area contributed by atoms with Crippen molar-refractivity contribution < 1.29 is 39.6 Å². The molecule has 0 atom stereocenters. The van der Waals surface area contributed by atoms with Crippen molar-refractivity contribution in [3.63, 3.8) is 0 Å². The number of unbranched alkanes of at least 4 members (excludes halogenated alkanes) is 6. The third-order valence-electron chi connectivity index (χ3n) is 3.06. The van der Waals surface area contributed by atoms with Gasteiger partial charge < -0.3 is 20.4 Å². The molecule has 0 amide bonds. The standard InChI is InChI=1S/C10H18O4.C6H10O4/c11-9(12)7-5-3-1-2-4-6-8-10(13)14;7-5(8)3-1-2-4-6(9)10/h1-8H2,(H,11,12)(H,13,14);1-4H2,(H,7,8)(H,9,10). The fourth-order valence-electron chi connectivity index (χ4n) is 1.81. The van der Waals surface area contributed by atoms with Gasteiger partial charge in [-0.2, -0.15) is 0 Å². The van der Waals surface area contributed by atoms with E-state index in [2.05, 4.69) is 0 Å². The van der Waals surface area contributed by atoms with Gasteiger partial charge in [-0.05, 0) is 25.7 Å². The van der Waals surface area contributed by atoms with E-state index in [4.69, 9.17) is 20.4 Å². The lowest BCUT2D eigenvalue weighted by atomic mass is 10.1. The molecule has 0 rings (SSSR count). The summed E-state index contributed by atoms with van der Waals surface area (Å²) in [6.07, 6.45) is 6.84. The van der Waals surface area contributed by atoms with Crippen LogP contribution in [0.1, 0.15) is 77.0 Å². The second-order valence-electron chi connectivity index (χ2n) is 5.40. The maximum absolute atomic E-state index is 10.1. The summed E-state index contributed by atoms with van der Waals surface area (Å²) in [5.41, 5.74) is 0. The molecule has 0 radical (unpaired) electrons. The molecule has 0 aliphatic carbocycles. The predicted octanol–water partition coefficient (Wildman–Crippen LogP) is 2.99. The van der Waals surface area contributed by atoms with E-state index in [1.54, 1.807) is 0 Å². The van der Waals surface area contributed by atoms with Crippen LogP contribution in [0.5, 0.6) is 0 Å². The van der Waals surface area contributed by atoms with E-state index in [0.717, 1.165) is 38.5 Å². The van der Waals surface area contributed by atoms with Gasteiger partial charge in [-0.3, -0.25) is 19.2 Å². The van der Waals surface area contributed by atoms with Crippen molar-refractivity contribution in [3.05, 3.63) is 0 Å². The molecule has 0 spiro atoms. The molecule has 0 aliphatic rings. The Morgan fingerprint density at radius 1 is 0.375 bits per heavy atom. The van der Waals surface area contributed by atoms with Gasteiger partial charge in [-0.1, -0.05) is 25.7 Å². The molecule has 0 aromatic rings. The Bertz CT molecular complexity index is 342. The zero-order chi connectivity index (χ0) is 18.8. The summed E-state index contributed by atoms with van der Waals surface area (Å²) in [6.45, 7) is 0. The quantitative estimate of drug-likeness (QED) is 0.350. The predicted molar refractivity (Wildman–Crippen MR) is 85.9 cm³/mol. The highest BCUT2D eigenvalue weighted by molar-refractivity contribution is 5.68. The molecule has 0 bridgehead atoms. The zero-order valence-corrected chi connectivity index (χ0v) is 13.9. The zero-order valence-electron chi connectivity index (χ0n) is 13.9. The van der Waals surface area contributed by atoms with Gasteiger partial charge in [-0.15, -0.1) is 0 Å². The van der Waals surface area contributed by atoms with Crippen molar-refractivity contribution in [1.82, 2.24) is 0 Å². The monoisotopic (exact) mass is 348 g/mol. The van der Waals surface area contributed by atoms with Crippen molar-refractivity contribution in [1.29, 1.82) is 0 Å². The van der Waals surface area contributed by atoms with Crippen LogP contribution in [0.3, 0.4) is 0 Å². The number of hydrogen-bond acceptors (Lipinski definition) is 4. The molecule has 0 fully saturated rings. The molecule has 24 heavy (non-hydrogen) atoms. The van der Waals surface area contributed by atoms with Crippen molar-refractivity contribution in [2.24, 2.45) is 0 Å². The minimum absolute atomic E-state index is 0.0628. The molecule has 8 heteroatoms. The first-order valence-corrected chi connectivity index (χ1v) is 8.13. The number of carboxylic acid groups (broad SMARTS) is 4. The van der Waals surface area contributed by atoms with Crippen molar-refractivity contribution >= 4 is 23.9 Å². The molecule has 8 nitrogen and oxygen atoms in total. The molecule has 0 aromatic carbocycles. The third kappa shape index (κ3) is 28.1. The van der Waals surface area contributed by atoms with Gasteiger partial charge in [0.25, 0.3) is 0 Å². The van der Waals surface area contributed by atoms with Gasteiger partial charge >= 0.3 is 23.9 Å². The summed E-state index contributed by atoms with van der Waals surface area (Å²) in [4.78, 5) is 40.1. The van der Waals surface area contributed by atoms with Crippen molar-refractivity contribution in [2.45, 2.75) is 77.0 Å². The second kappa shape index (κ2) is 17.2. The number of hydrogen-bond donors (Lipinski definition) is 4. The first-order chi connectivity index (χ1) is 11.3. The molecule has 4 N–H and O–H groups in total. The van der Waals surface area contributed by atoms with E-state index in [-0.39, 0.29) is 25.7 Å². The van der Waals surface area contributed by atoms with Crippen LogP contribution in [0.25, 0.3) is 0 Å². The molecule has 0 aliphatic heterocycles. The maximum Gasteiger partial charge on any atom is 0.303 e. The summed E-state index contributed by atoms with van der Waals surface area (Å²) < 4.78 is 0. The summed E-state index contributed by atoms with van der Waals surface area (Å²) in [5, 5.41) is 33.0. The van der Waals surface area contributed by atoms with E-state index in [9.17, 15) is 19.2 Å². The van der Waals surface area contributed by atoms with E-state index < -0.39 is 23.9 Å². The van der Waals surface area contributed by atoms with E-state index in [1.165, 1.54) is 0 Å². The topological polar surface area (TPSA) is 149 Å². The smallest absolute Gasteiger partial charge is 0.303 e. The van der Waals surface area contributed by atoms with Crippen LogP contribution in [0.15, 0.2) is 0 Å². The minimum atomic E-state index is -0.870. The number of rotatable bonds is 14. The SMILES string of the molecule is O=C(O)CCCCC(=O)O.O=C(O)CCCCCCCCC(=O)O. The Kier molecular flexibility index (Phi) is 17.3. The molecule has 0 saturated heterocycles. The van der Waals surface area contributed by atoms with E-state index >= 15 is 0 Å². The van der Waals surface area contributed by atoms with Gasteiger partial charge in [0, 0.05) is 25.7 Å². The first kappa shape index (κ1) is 24.1. The Morgan fingerprint density at radius 2 is 0.542 bits per heavy atom. The van der Waals surface area contributed by atoms with Gasteiger partial charge in [0.05, 0.1) is 0 Å². The van der Waals surface area contributed by atoms with Gasteiger partial charge in [0.1, 0.15) is 0 Å². The summed E-state index contributed by atoms with van der Waals surface area (Å²) in [5.74, 6) is -3.22. The first-order valence-electron chi connectivity index (χ1n) is 8.13. The fraction of sp³-hybridized carbons (Fsp3) is 0.750. The summed E-state index contributed by atoms with van der Waals surface area (Å²) >= 11 is 0. The lowest BCUT2D eigenvalue weighted by Crippen LogP contribution is -1.97. The Hall–Kier alpha value is -2.12. The Labute approximate surface area is 141 Å². The minimum Gasteiger partial charge on any atom is -0.481 e. The highest BCUT2D eigenvalue weighted by Crippen LogP contribution is 2.08. The van der Waals surface area contributed by atoms with Gasteiger partial charge in [0.2, 0.25) is 0 Å². The van der Waals surface area contributed by atoms with Crippen LogP contribution < -0.4 is 0 Å².